The minimum absolute atomic E-state index is 0.124. The molecule has 0 spiro atoms. The van der Waals surface area contributed by atoms with Crippen LogP contribution in [0.5, 0.6) is 0 Å². The molecular weight excluding hydrogens is 363 g/mol. The Balaban J connectivity index is 1.72. The molecule has 0 saturated carbocycles. The largest absolute Gasteiger partial charge is 0.375 e. The van der Waals surface area contributed by atoms with E-state index in [-0.39, 0.29) is 6.04 Å². The highest BCUT2D eigenvalue weighted by atomic mass is 35.5. The maximum absolute atomic E-state index is 6.58. The van der Waals surface area contributed by atoms with Gasteiger partial charge >= 0.3 is 0 Å². The number of hydrogen-bond acceptors (Lipinski definition) is 5. The van der Waals surface area contributed by atoms with Gasteiger partial charge in [-0.15, -0.1) is 0 Å². The van der Waals surface area contributed by atoms with Crippen molar-refractivity contribution in [2.24, 2.45) is 0 Å². The Labute approximate surface area is 157 Å². The number of halogens is 2. The lowest BCUT2D eigenvalue weighted by molar-refractivity contribution is -0.0442. The fourth-order valence-electron chi connectivity index (χ4n) is 2.66. The number of pyridine rings is 1. The molecule has 2 heterocycles. The summed E-state index contributed by atoms with van der Waals surface area (Å²) in [4.78, 5) is 4.25. The van der Waals surface area contributed by atoms with Crippen LogP contribution < -0.4 is 5.32 Å². The molecule has 5 nitrogen and oxygen atoms in total. The predicted octanol–water partition coefficient (Wildman–Crippen LogP) is 3.91. The Kier molecular flexibility index (Phi) is 6.64. The van der Waals surface area contributed by atoms with E-state index in [1.165, 1.54) is 0 Å². The quantitative estimate of drug-likeness (QED) is 0.735. The Morgan fingerprint density at radius 3 is 2.64 bits per heavy atom. The minimum atomic E-state index is -0.574. The van der Waals surface area contributed by atoms with Gasteiger partial charge in [0.2, 0.25) is 0 Å². The van der Waals surface area contributed by atoms with Gasteiger partial charge in [-0.3, -0.25) is 0 Å². The molecule has 0 unspecified atom stereocenters. The average molecular weight is 383 g/mol. The summed E-state index contributed by atoms with van der Waals surface area (Å²) in [6.45, 7) is 1.99. The van der Waals surface area contributed by atoms with Gasteiger partial charge in [-0.05, 0) is 12.6 Å². The van der Waals surface area contributed by atoms with E-state index in [1.54, 1.807) is 6.20 Å². The van der Waals surface area contributed by atoms with E-state index in [4.69, 9.17) is 37.4 Å². The molecule has 1 saturated heterocycles. The number of nitrogens with zero attached hydrogens (tertiary/aromatic N) is 1. The van der Waals surface area contributed by atoms with Gasteiger partial charge < -0.3 is 19.5 Å². The first-order chi connectivity index (χ1) is 12.2. The van der Waals surface area contributed by atoms with Gasteiger partial charge in [0, 0.05) is 11.8 Å². The van der Waals surface area contributed by atoms with Gasteiger partial charge in [0.15, 0.2) is 6.29 Å². The van der Waals surface area contributed by atoms with E-state index in [1.807, 2.05) is 37.4 Å². The number of benzene rings is 1. The fourth-order valence-corrected chi connectivity index (χ4v) is 3.30. The Hall–Kier alpha value is -1.21. The van der Waals surface area contributed by atoms with Crippen molar-refractivity contribution in [3.8, 4) is 0 Å². The number of ether oxygens (including phenoxy) is 3. The number of aromatic nitrogens is 1. The van der Waals surface area contributed by atoms with Crippen LogP contribution in [-0.2, 0) is 20.8 Å². The molecule has 3 rings (SSSR count). The summed E-state index contributed by atoms with van der Waals surface area (Å²) < 4.78 is 16.9. The third kappa shape index (κ3) is 4.50. The average Bonchev–Trinajstić information content (AvgIpc) is 3.15. The molecule has 1 aliphatic rings. The monoisotopic (exact) mass is 382 g/mol. The molecule has 0 amide bonds. The van der Waals surface area contributed by atoms with E-state index >= 15 is 0 Å². The Bertz CT molecular complexity index is 694. The summed E-state index contributed by atoms with van der Waals surface area (Å²) in [5.41, 5.74) is 2.49. The Morgan fingerprint density at radius 2 is 1.96 bits per heavy atom. The minimum Gasteiger partial charge on any atom is -0.375 e. The molecule has 1 aliphatic heterocycles. The normalized spacial score (nSPS) is 16.3. The summed E-state index contributed by atoms with van der Waals surface area (Å²) >= 11 is 12.8. The van der Waals surface area contributed by atoms with Crippen LogP contribution in [0.2, 0.25) is 10.2 Å². The van der Waals surface area contributed by atoms with Gasteiger partial charge in [0.1, 0.15) is 5.15 Å². The van der Waals surface area contributed by atoms with Crippen LogP contribution in [-0.4, -0.2) is 31.9 Å². The number of rotatable bonds is 7. The van der Waals surface area contributed by atoms with Crippen molar-refractivity contribution in [1.29, 1.82) is 0 Å². The molecule has 1 aromatic heterocycles. The van der Waals surface area contributed by atoms with Crippen molar-refractivity contribution in [2.75, 3.05) is 26.9 Å². The highest BCUT2D eigenvalue weighted by molar-refractivity contribution is 6.35. The van der Waals surface area contributed by atoms with E-state index < -0.39 is 6.29 Å². The molecule has 1 atom stereocenters. The topological polar surface area (TPSA) is 52.6 Å². The second-order valence-corrected chi connectivity index (χ2v) is 6.38. The van der Waals surface area contributed by atoms with Gasteiger partial charge in [-0.25, -0.2) is 4.98 Å². The van der Waals surface area contributed by atoms with E-state index in [2.05, 4.69) is 10.3 Å². The van der Waals surface area contributed by atoms with Crippen molar-refractivity contribution < 1.29 is 14.2 Å². The first-order valence-corrected chi connectivity index (χ1v) is 8.82. The Morgan fingerprint density at radius 1 is 1.24 bits per heavy atom. The highest BCUT2D eigenvalue weighted by Gasteiger charge is 2.28. The summed E-state index contributed by atoms with van der Waals surface area (Å²) in [6.07, 6.45) is 1.09. The molecule has 0 bridgehead atoms. The maximum atomic E-state index is 6.58. The van der Waals surface area contributed by atoms with Crippen LogP contribution in [0.1, 0.15) is 29.0 Å². The van der Waals surface area contributed by atoms with Gasteiger partial charge in [0.25, 0.3) is 0 Å². The summed E-state index contributed by atoms with van der Waals surface area (Å²) in [6, 6.07) is 9.88. The van der Waals surface area contributed by atoms with Crippen molar-refractivity contribution in [3.05, 3.63) is 63.4 Å². The van der Waals surface area contributed by atoms with E-state index in [0.717, 1.165) is 11.1 Å². The van der Waals surface area contributed by atoms with Crippen LogP contribution in [0, 0.1) is 0 Å². The maximum Gasteiger partial charge on any atom is 0.188 e. The van der Waals surface area contributed by atoms with Crippen LogP contribution in [0.4, 0.5) is 0 Å². The molecule has 7 heteroatoms. The molecule has 1 aromatic carbocycles. The number of likely N-dealkylation sites (N-methyl/N-ethyl adjacent to an activating group) is 1. The molecule has 2 aromatic rings. The third-order valence-electron chi connectivity index (χ3n) is 4.01. The van der Waals surface area contributed by atoms with Gasteiger partial charge in [-0.1, -0.05) is 53.5 Å². The second kappa shape index (κ2) is 8.94. The summed E-state index contributed by atoms with van der Waals surface area (Å²) in [7, 11) is 1.85. The highest BCUT2D eigenvalue weighted by Crippen LogP contribution is 2.37. The lowest BCUT2D eigenvalue weighted by Gasteiger charge is -2.21. The van der Waals surface area contributed by atoms with Crippen LogP contribution in [0.15, 0.2) is 36.5 Å². The lowest BCUT2D eigenvalue weighted by Crippen LogP contribution is -2.23. The van der Waals surface area contributed by atoms with Crippen molar-refractivity contribution >= 4 is 23.2 Å². The van der Waals surface area contributed by atoms with Crippen LogP contribution in [0.25, 0.3) is 0 Å². The summed E-state index contributed by atoms with van der Waals surface area (Å²) in [5.74, 6) is 0. The zero-order valence-corrected chi connectivity index (χ0v) is 15.4. The van der Waals surface area contributed by atoms with Crippen molar-refractivity contribution in [2.45, 2.75) is 18.9 Å². The van der Waals surface area contributed by atoms with Crippen molar-refractivity contribution in [3.63, 3.8) is 0 Å². The second-order valence-electron chi connectivity index (χ2n) is 5.65. The molecule has 1 N–H and O–H groups in total. The SMILES string of the molecule is CN[C@H](COCc1ccccc1)c1cnc(Cl)c(C2OCCO2)c1Cl. The van der Waals surface area contributed by atoms with E-state index in [9.17, 15) is 0 Å². The first-order valence-electron chi connectivity index (χ1n) is 8.06. The van der Waals surface area contributed by atoms with Gasteiger partial charge in [-0.2, -0.15) is 0 Å². The molecule has 1 fully saturated rings. The van der Waals surface area contributed by atoms with Gasteiger partial charge in [0.05, 0.1) is 43.1 Å². The zero-order chi connectivity index (χ0) is 17.6. The smallest absolute Gasteiger partial charge is 0.188 e. The molecule has 0 radical (unpaired) electrons. The first kappa shape index (κ1) is 18.6. The van der Waals surface area contributed by atoms with E-state index in [0.29, 0.717) is 42.2 Å². The zero-order valence-electron chi connectivity index (χ0n) is 13.9. The molecular formula is C18H20Cl2N2O3. The molecule has 0 aliphatic carbocycles. The van der Waals surface area contributed by atoms with Crippen molar-refractivity contribution in [1.82, 2.24) is 10.3 Å². The standard InChI is InChI=1S/C18H20Cl2N2O3/c1-21-14(11-23-10-12-5-3-2-4-6-12)13-9-22-17(20)15(16(13)19)18-24-7-8-25-18/h2-6,9,14,18,21H,7-8,10-11H2,1H3/t14-/m1/s1. The lowest BCUT2D eigenvalue weighted by atomic mass is 10.1. The predicted molar refractivity (Wildman–Crippen MR) is 96.8 cm³/mol. The number of nitrogens with one attached hydrogen (secondary N) is 1. The van der Waals surface area contributed by atoms with Crippen LogP contribution >= 0.6 is 23.2 Å². The number of hydrogen-bond donors (Lipinski definition) is 1. The third-order valence-corrected chi connectivity index (χ3v) is 4.73. The molecule has 25 heavy (non-hydrogen) atoms. The molecule has 134 valence electrons. The fraction of sp³-hybridized carbons (Fsp3) is 0.389. The van der Waals surface area contributed by atoms with Crippen LogP contribution in [0.3, 0.4) is 0 Å². The summed E-state index contributed by atoms with van der Waals surface area (Å²) in [5, 5.41) is 4.00.